The third-order valence-corrected chi connectivity index (χ3v) is 2.77. The van der Waals surface area contributed by atoms with Gasteiger partial charge in [0.05, 0.1) is 18.6 Å². The van der Waals surface area contributed by atoms with E-state index in [0.29, 0.717) is 0 Å². The van der Waals surface area contributed by atoms with Crippen molar-refractivity contribution in [2.45, 2.75) is 32.5 Å². The van der Waals surface area contributed by atoms with Crippen LogP contribution in [0.1, 0.15) is 26.2 Å². The first-order valence-electron chi connectivity index (χ1n) is 5.91. The Balaban J connectivity index is 3.83. The monoisotopic (exact) mass is 327 g/mol. The van der Waals surface area contributed by atoms with Crippen molar-refractivity contribution in [2.75, 3.05) is 12.3 Å². The minimum Gasteiger partial charge on any atom is -0.481 e. The van der Waals surface area contributed by atoms with Crippen molar-refractivity contribution < 1.29 is 41.9 Å². The zero-order chi connectivity index (χ0) is 16.5. The van der Waals surface area contributed by atoms with Crippen molar-refractivity contribution in [3.05, 3.63) is 0 Å². The van der Waals surface area contributed by atoms with E-state index in [-0.39, 0.29) is 19.4 Å². The molecule has 0 saturated heterocycles. The highest BCUT2D eigenvalue weighted by molar-refractivity contribution is 7.85. The van der Waals surface area contributed by atoms with Crippen LogP contribution in [0, 0.1) is 0 Å². The summed E-state index contributed by atoms with van der Waals surface area (Å²) < 4.78 is 38.5. The number of esters is 1. The van der Waals surface area contributed by atoms with Crippen molar-refractivity contribution in [2.24, 2.45) is 0 Å². The van der Waals surface area contributed by atoms with E-state index in [0.717, 1.165) is 0 Å². The molecule has 0 heterocycles. The number of carbonyl (C=O) groups excluding carboxylic acids is 2. The van der Waals surface area contributed by atoms with Gasteiger partial charge < -0.3 is 19.9 Å². The lowest BCUT2D eigenvalue weighted by Crippen LogP contribution is -2.31. The molecule has 0 rings (SSSR count). The van der Waals surface area contributed by atoms with Gasteiger partial charge in [-0.2, -0.15) is 8.42 Å². The van der Waals surface area contributed by atoms with Gasteiger partial charge in [0.2, 0.25) is 6.29 Å². The Morgan fingerprint density at radius 3 is 2.33 bits per heavy atom. The minimum absolute atomic E-state index is 0.0132. The van der Waals surface area contributed by atoms with Crippen LogP contribution < -0.4 is 5.32 Å². The summed E-state index contributed by atoms with van der Waals surface area (Å²) in [6.45, 7) is 1.20. The molecule has 0 spiro atoms. The molecule has 0 aromatic rings. The molecule has 0 aliphatic carbocycles. The SMILES string of the molecule is CC(OC(=O)CCC(=O)O)OC(=O)NCCCS(=O)(=O)O. The summed E-state index contributed by atoms with van der Waals surface area (Å²) in [5, 5.41) is 10.5. The highest BCUT2D eigenvalue weighted by atomic mass is 32.2. The molecule has 1 amide bonds. The van der Waals surface area contributed by atoms with Gasteiger partial charge >= 0.3 is 18.0 Å². The number of alkyl carbamates (subject to hydrolysis) is 1. The maximum absolute atomic E-state index is 11.2. The Hall–Kier alpha value is -1.88. The number of hydrogen-bond acceptors (Lipinski definition) is 7. The second-order valence-electron chi connectivity index (χ2n) is 3.92. The van der Waals surface area contributed by atoms with Crippen LogP contribution in [-0.4, -0.2) is 54.7 Å². The smallest absolute Gasteiger partial charge is 0.410 e. The lowest BCUT2D eigenvalue weighted by molar-refractivity contribution is -0.166. The fourth-order valence-electron chi connectivity index (χ4n) is 1.11. The van der Waals surface area contributed by atoms with Crippen molar-refractivity contribution >= 4 is 28.1 Å². The Labute approximate surface area is 121 Å². The van der Waals surface area contributed by atoms with E-state index in [1.54, 1.807) is 0 Å². The molecule has 0 aromatic heterocycles. The summed E-state index contributed by atoms with van der Waals surface area (Å²) in [4.78, 5) is 32.5. The summed E-state index contributed by atoms with van der Waals surface area (Å²) in [5.74, 6) is -2.49. The maximum atomic E-state index is 11.2. The maximum Gasteiger partial charge on any atom is 0.410 e. The van der Waals surface area contributed by atoms with Crippen LogP contribution in [-0.2, 0) is 29.2 Å². The van der Waals surface area contributed by atoms with Crippen molar-refractivity contribution in [1.29, 1.82) is 0 Å². The van der Waals surface area contributed by atoms with Crippen molar-refractivity contribution in [3.63, 3.8) is 0 Å². The van der Waals surface area contributed by atoms with E-state index in [9.17, 15) is 22.8 Å². The first-order valence-corrected chi connectivity index (χ1v) is 7.52. The predicted molar refractivity (Wildman–Crippen MR) is 67.9 cm³/mol. The standard InChI is InChI=1S/C10H17NO9S/c1-7(19-9(14)4-3-8(12)13)20-10(15)11-5-2-6-21(16,17)18/h7H,2-6H2,1H3,(H,11,15)(H,12,13)(H,16,17,18). The molecule has 1 atom stereocenters. The third-order valence-electron chi connectivity index (χ3n) is 1.96. The number of aliphatic carboxylic acids is 1. The zero-order valence-corrected chi connectivity index (χ0v) is 12.1. The zero-order valence-electron chi connectivity index (χ0n) is 11.3. The molecule has 0 aliphatic heterocycles. The van der Waals surface area contributed by atoms with E-state index in [1.165, 1.54) is 6.92 Å². The van der Waals surface area contributed by atoms with E-state index >= 15 is 0 Å². The van der Waals surface area contributed by atoms with Crippen LogP contribution >= 0.6 is 0 Å². The van der Waals surface area contributed by atoms with E-state index < -0.39 is 46.6 Å². The average Bonchev–Trinajstić information content (AvgIpc) is 2.30. The fourth-order valence-corrected chi connectivity index (χ4v) is 1.62. The van der Waals surface area contributed by atoms with Gasteiger partial charge in [0, 0.05) is 13.5 Å². The van der Waals surface area contributed by atoms with Crippen LogP contribution in [0.4, 0.5) is 4.79 Å². The molecule has 21 heavy (non-hydrogen) atoms. The molecule has 0 radical (unpaired) electrons. The second kappa shape index (κ2) is 9.13. The topological polar surface area (TPSA) is 156 Å². The Morgan fingerprint density at radius 1 is 1.19 bits per heavy atom. The van der Waals surface area contributed by atoms with Crippen LogP contribution in [0.15, 0.2) is 0 Å². The molecule has 11 heteroatoms. The fraction of sp³-hybridized carbons (Fsp3) is 0.700. The molecule has 3 N–H and O–H groups in total. The summed E-state index contributed by atoms with van der Waals surface area (Å²) in [5.41, 5.74) is 0. The normalized spacial score (nSPS) is 12.3. The number of nitrogens with one attached hydrogen (secondary N) is 1. The number of ether oxygens (including phenoxy) is 2. The predicted octanol–water partition coefficient (Wildman–Crippen LogP) is -0.255. The molecule has 10 nitrogen and oxygen atoms in total. The molecule has 0 bridgehead atoms. The molecule has 0 fully saturated rings. The summed E-state index contributed by atoms with van der Waals surface area (Å²) in [7, 11) is -4.08. The van der Waals surface area contributed by atoms with Gasteiger partial charge in [-0.25, -0.2) is 4.79 Å². The summed E-state index contributed by atoms with van der Waals surface area (Å²) in [6.07, 6.45) is -2.91. The highest BCUT2D eigenvalue weighted by Gasteiger charge is 2.15. The lowest BCUT2D eigenvalue weighted by atomic mass is 10.3. The van der Waals surface area contributed by atoms with Crippen LogP contribution in [0.3, 0.4) is 0 Å². The van der Waals surface area contributed by atoms with Gasteiger partial charge in [-0.15, -0.1) is 0 Å². The molecule has 122 valence electrons. The van der Waals surface area contributed by atoms with Crippen molar-refractivity contribution in [3.8, 4) is 0 Å². The molecule has 0 aliphatic rings. The van der Waals surface area contributed by atoms with Crippen LogP contribution in [0.5, 0.6) is 0 Å². The largest absolute Gasteiger partial charge is 0.481 e. The van der Waals surface area contributed by atoms with Gasteiger partial charge in [0.1, 0.15) is 0 Å². The number of rotatable bonds is 9. The lowest BCUT2D eigenvalue weighted by Gasteiger charge is -2.14. The molecule has 1 unspecified atom stereocenters. The summed E-state index contributed by atoms with van der Waals surface area (Å²) >= 11 is 0. The number of carbonyl (C=O) groups is 3. The molecule has 0 aromatic carbocycles. The van der Waals surface area contributed by atoms with Crippen LogP contribution in [0.25, 0.3) is 0 Å². The first-order chi connectivity index (χ1) is 9.60. The Kier molecular flexibility index (Phi) is 8.31. The van der Waals surface area contributed by atoms with Gasteiger partial charge in [-0.05, 0) is 6.42 Å². The number of carboxylic acid groups (broad SMARTS) is 1. The number of carboxylic acids is 1. The highest BCUT2D eigenvalue weighted by Crippen LogP contribution is 2.00. The minimum atomic E-state index is -4.08. The van der Waals surface area contributed by atoms with E-state index in [4.69, 9.17) is 9.66 Å². The quantitative estimate of drug-likeness (QED) is 0.225. The molecular weight excluding hydrogens is 310 g/mol. The van der Waals surface area contributed by atoms with Gasteiger partial charge in [-0.1, -0.05) is 0 Å². The Morgan fingerprint density at radius 2 is 1.81 bits per heavy atom. The van der Waals surface area contributed by atoms with Gasteiger partial charge in [-0.3, -0.25) is 14.1 Å². The second-order valence-corrected chi connectivity index (χ2v) is 5.49. The first kappa shape index (κ1) is 19.1. The van der Waals surface area contributed by atoms with Gasteiger partial charge in [0.25, 0.3) is 10.1 Å². The van der Waals surface area contributed by atoms with E-state index in [2.05, 4.69) is 14.8 Å². The third kappa shape index (κ3) is 12.9. The number of amides is 1. The van der Waals surface area contributed by atoms with Gasteiger partial charge in [0.15, 0.2) is 0 Å². The van der Waals surface area contributed by atoms with Crippen LogP contribution in [0.2, 0.25) is 0 Å². The summed E-state index contributed by atoms with van der Waals surface area (Å²) in [6, 6.07) is 0. The number of hydrogen-bond donors (Lipinski definition) is 3. The average molecular weight is 327 g/mol. The molecular formula is C10H17NO9S. The van der Waals surface area contributed by atoms with E-state index in [1.807, 2.05) is 0 Å². The van der Waals surface area contributed by atoms with Crippen molar-refractivity contribution in [1.82, 2.24) is 5.32 Å². The molecule has 0 saturated carbocycles. The Bertz CT molecular complexity index is 473.